The van der Waals surface area contributed by atoms with Crippen molar-refractivity contribution in [2.75, 3.05) is 6.54 Å². The number of ether oxygens (including phenoxy) is 1. The number of fused-ring (bicyclic) bond motifs is 2. The number of amides is 1. The summed E-state index contributed by atoms with van der Waals surface area (Å²) in [5.41, 5.74) is 1.90. The molecule has 0 bridgehead atoms. The van der Waals surface area contributed by atoms with Crippen molar-refractivity contribution in [3.05, 3.63) is 63.5 Å². The summed E-state index contributed by atoms with van der Waals surface area (Å²) in [4.78, 5) is 32.0. The van der Waals surface area contributed by atoms with Gasteiger partial charge in [0.2, 0.25) is 5.91 Å². The third-order valence-corrected chi connectivity index (χ3v) is 8.22. The Morgan fingerprint density at radius 2 is 2.18 bits per heavy atom. The summed E-state index contributed by atoms with van der Waals surface area (Å²) < 4.78 is 5.99. The van der Waals surface area contributed by atoms with Crippen molar-refractivity contribution in [1.82, 2.24) is 10.2 Å². The zero-order valence-corrected chi connectivity index (χ0v) is 20.6. The van der Waals surface area contributed by atoms with Crippen molar-refractivity contribution in [2.45, 2.75) is 31.0 Å². The third-order valence-electron chi connectivity index (χ3n) is 5.51. The van der Waals surface area contributed by atoms with Crippen LogP contribution in [-0.2, 0) is 11.2 Å². The number of thioether (sulfide) groups is 1. The quantitative estimate of drug-likeness (QED) is 0.426. The number of rotatable bonds is 6. The first-order valence-corrected chi connectivity index (χ1v) is 12.8. The maximum Gasteiger partial charge on any atom is 0.243 e. The van der Waals surface area contributed by atoms with Crippen LogP contribution < -0.4 is 10.1 Å². The summed E-state index contributed by atoms with van der Waals surface area (Å²) >= 11 is 15.7. The molecule has 10 heteroatoms. The van der Waals surface area contributed by atoms with E-state index in [9.17, 15) is 9.59 Å². The molecule has 0 saturated heterocycles. The van der Waals surface area contributed by atoms with E-state index in [1.165, 1.54) is 17.4 Å². The van der Waals surface area contributed by atoms with E-state index >= 15 is 0 Å². The monoisotopic (exact) mass is 519 g/mol. The van der Waals surface area contributed by atoms with E-state index < -0.39 is 0 Å². The Labute approximate surface area is 209 Å². The number of aliphatic imine (C=N–C) groups is 1. The van der Waals surface area contributed by atoms with Crippen molar-refractivity contribution in [2.24, 2.45) is 4.99 Å². The number of Topliss-reactive ketones (excluding diaryl/α,β-unsaturated/α-hetero) is 1. The summed E-state index contributed by atoms with van der Waals surface area (Å²) in [5.74, 6) is 0.474. The largest absolute Gasteiger partial charge is 0.486 e. The third kappa shape index (κ3) is 4.57. The molecule has 1 aromatic heterocycles. The molecule has 4 heterocycles. The van der Waals surface area contributed by atoms with Crippen LogP contribution >= 0.6 is 46.3 Å². The van der Waals surface area contributed by atoms with Crippen LogP contribution in [0.25, 0.3) is 10.4 Å². The van der Waals surface area contributed by atoms with Gasteiger partial charge in [-0.3, -0.25) is 9.59 Å². The molecule has 1 N–H and O–H groups in total. The van der Waals surface area contributed by atoms with Crippen molar-refractivity contribution < 1.29 is 14.3 Å². The first-order chi connectivity index (χ1) is 15.9. The van der Waals surface area contributed by atoms with Gasteiger partial charge in [0.25, 0.3) is 0 Å². The van der Waals surface area contributed by atoms with Crippen molar-refractivity contribution in [3.8, 4) is 16.2 Å². The Hall–Kier alpha value is -2.26. The van der Waals surface area contributed by atoms with Crippen LogP contribution in [0.3, 0.4) is 0 Å². The number of hydrogen-bond acceptors (Lipinski definition) is 7. The molecule has 170 valence electrons. The number of thiophene rings is 1. The maximum absolute atomic E-state index is 12.4. The van der Waals surface area contributed by atoms with E-state index in [-0.39, 0.29) is 29.3 Å². The Morgan fingerprint density at radius 1 is 1.33 bits per heavy atom. The van der Waals surface area contributed by atoms with E-state index in [0.717, 1.165) is 16.0 Å². The number of nitrogens with zero attached hydrogens (tertiary/aromatic N) is 2. The normalized spacial score (nSPS) is 22.9. The smallest absolute Gasteiger partial charge is 0.243 e. The Balaban J connectivity index is 1.19. The fraction of sp³-hybridized carbons (Fsp3) is 0.261. The SMILES string of the molecule is CC(=O)c1ccc(-c2cc(Cl)c3c(c2)CC(CNC(=O)/C=C/C2C(Cl)=NC4SC=CN42)O3)s1. The Kier molecular flexibility index (Phi) is 6.26. The Morgan fingerprint density at radius 3 is 2.97 bits per heavy atom. The van der Waals surface area contributed by atoms with Crippen LogP contribution in [0.15, 0.2) is 53.0 Å². The predicted octanol–water partition coefficient (Wildman–Crippen LogP) is 5.07. The average molecular weight is 520 g/mol. The zero-order valence-electron chi connectivity index (χ0n) is 17.5. The first kappa shape index (κ1) is 22.5. The topological polar surface area (TPSA) is 71.0 Å². The molecule has 0 saturated carbocycles. The molecule has 2 aromatic rings. The lowest BCUT2D eigenvalue weighted by Crippen LogP contribution is -2.34. The molecule has 0 fully saturated rings. The lowest BCUT2D eigenvalue weighted by atomic mass is 10.1. The lowest BCUT2D eigenvalue weighted by molar-refractivity contribution is -0.116. The summed E-state index contributed by atoms with van der Waals surface area (Å²) in [6.45, 7) is 1.91. The second-order valence-electron chi connectivity index (χ2n) is 7.81. The zero-order chi connectivity index (χ0) is 23.1. The molecular weight excluding hydrogens is 501 g/mol. The van der Waals surface area contributed by atoms with Gasteiger partial charge in [-0.1, -0.05) is 35.0 Å². The van der Waals surface area contributed by atoms with Crippen molar-refractivity contribution >= 4 is 63.2 Å². The second-order valence-corrected chi connectivity index (χ2v) is 10.7. The Bertz CT molecular complexity index is 1220. The van der Waals surface area contributed by atoms with Crippen LogP contribution in [-0.4, -0.2) is 45.9 Å². The molecule has 33 heavy (non-hydrogen) atoms. The highest BCUT2D eigenvalue weighted by atomic mass is 35.5. The standard InChI is InChI=1S/C23H19Cl2N3O3S2/c1-12(29)18-3-4-19(33-18)13-8-14-9-15(31-21(14)16(24)10-13)11-26-20(30)5-2-17-22(25)27-23-28(17)6-7-32-23/h2-8,10,15,17,23H,9,11H2,1H3,(H,26,30)/b5-2+. The number of halogens is 2. The van der Waals surface area contributed by atoms with Gasteiger partial charge in [0.05, 0.1) is 16.4 Å². The number of carbonyl (C=O) groups is 2. The van der Waals surface area contributed by atoms with Gasteiger partial charge < -0.3 is 15.0 Å². The number of hydrogen-bond donors (Lipinski definition) is 1. The van der Waals surface area contributed by atoms with Crippen LogP contribution in [0, 0.1) is 0 Å². The molecule has 3 atom stereocenters. The lowest BCUT2D eigenvalue weighted by Gasteiger charge is -2.19. The molecule has 5 rings (SSSR count). The fourth-order valence-corrected chi connectivity index (χ4v) is 6.28. The molecule has 0 aliphatic carbocycles. The van der Waals surface area contributed by atoms with E-state index in [4.69, 9.17) is 27.9 Å². The molecule has 3 aliphatic rings. The minimum atomic E-state index is -0.223. The highest BCUT2D eigenvalue weighted by Gasteiger charge is 2.34. The number of benzene rings is 1. The van der Waals surface area contributed by atoms with E-state index in [1.807, 2.05) is 40.8 Å². The van der Waals surface area contributed by atoms with Crippen LogP contribution in [0.5, 0.6) is 5.75 Å². The molecule has 3 aliphatic heterocycles. The number of carbonyl (C=O) groups excluding carboxylic acids is 2. The summed E-state index contributed by atoms with van der Waals surface area (Å²) in [5, 5.41) is 5.85. The highest BCUT2D eigenvalue weighted by Crippen LogP contribution is 2.41. The number of nitrogens with one attached hydrogen (secondary N) is 1. The van der Waals surface area contributed by atoms with Gasteiger partial charge in [-0.2, -0.15) is 0 Å². The van der Waals surface area contributed by atoms with E-state index in [2.05, 4.69) is 10.3 Å². The first-order valence-electron chi connectivity index (χ1n) is 10.3. The second kappa shape index (κ2) is 9.18. The summed E-state index contributed by atoms with van der Waals surface area (Å²) in [6, 6.07) is 7.43. The van der Waals surface area contributed by atoms with Gasteiger partial charge in [-0.25, -0.2) is 4.99 Å². The predicted molar refractivity (Wildman–Crippen MR) is 134 cm³/mol. The van der Waals surface area contributed by atoms with Gasteiger partial charge in [0.1, 0.15) is 23.1 Å². The molecule has 0 radical (unpaired) electrons. The molecule has 1 amide bonds. The maximum atomic E-state index is 12.4. The van der Waals surface area contributed by atoms with Crippen LogP contribution in [0.2, 0.25) is 5.02 Å². The van der Waals surface area contributed by atoms with Crippen molar-refractivity contribution in [3.63, 3.8) is 0 Å². The molecular formula is C23H19Cl2N3O3S2. The van der Waals surface area contributed by atoms with Gasteiger partial charge in [-0.05, 0) is 48.2 Å². The van der Waals surface area contributed by atoms with Crippen molar-refractivity contribution in [1.29, 1.82) is 0 Å². The van der Waals surface area contributed by atoms with E-state index in [0.29, 0.717) is 33.8 Å². The highest BCUT2D eigenvalue weighted by molar-refractivity contribution is 8.02. The minimum absolute atomic E-state index is 0.0431. The van der Waals surface area contributed by atoms with Crippen LogP contribution in [0.4, 0.5) is 0 Å². The van der Waals surface area contributed by atoms with Gasteiger partial charge in [0.15, 0.2) is 11.3 Å². The summed E-state index contributed by atoms with van der Waals surface area (Å²) in [6.07, 6.45) is 5.59. The number of ketones is 1. The molecule has 6 nitrogen and oxygen atoms in total. The molecule has 3 unspecified atom stereocenters. The summed E-state index contributed by atoms with van der Waals surface area (Å²) in [7, 11) is 0. The minimum Gasteiger partial charge on any atom is -0.486 e. The molecule has 0 spiro atoms. The average Bonchev–Trinajstić information content (AvgIpc) is 3.54. The van der Waals surface area contributed by atoms with Crippen LogP contribution in [0.1, 0.15) is 22.2 Å². The van der Waals surface area contributed by atoms with E-state index in [1.54, 1.807) is 24.8 Å². The van der Waals surface area contributed by atoms with Gasteiger partial charge in [0, 0.05) is 29.1 Å². The molecule has 1 aromatic carbocycles. The van der Waals surface area contributed by atoms with Gasteiger partial charge >= 0.3 is 0 Å². The fourth-order valence-electron chi connectivity index (χ4n) is 3.91. The van der Waals surface area contributed by atoms with Gasteiger partial charge in [-0.15, -0.1) is 11.3 Å².